The van der Waals surface area contributed by atoms with Gasteiger partial charge in [0.2, 0.25) is 0 Å². The van der Waals surface area contributed by atoms with Crippen LogP contribution in [0.4, 0.5) is 5.69 Å². The number of aromatic nitrogens is 1. The lowest BCUT2D eigenvalue weighted by molar-refractivity contribution is -0.150. The van der Waals surface area contributed by atoms with Gasteiger partial charge in [-0.2, -0.15) is 0 Å². The number of carbonyl (C=O) groups excluding carboxylic acids is 2. The van der Waals surface area contributed by atoms with Gasteiger partial charge in [0.05, 0.1) is 0 Å². The molecule has 0 aliphatic carbocycles. The topological polar surface area (TPSA) is 81.4 Å². The van der Waals surface area contributed by atoms with Gasteiger partial charge in [0.15, 0.2) is 11.7 Å². The van der Waals surface area contributed by atoms with Crippen LogP contribution < -0.4 is 5.32 Å². The molecule has 1 aromatic heterocycles. The smallest absolute Gasteiger partial charge is 0.317 e. The molecule has 0 bridgehead atoms. The molecule has 1 amide bonds. The Hall–Kier alpha value is -2.80. The van der Waals surface area contributed by atoms with E-state index in [0.29, 0.717) is 16.5 Å². The van der Waals surface area contributed by atoms with Crippen LogP contribution in [0.15, 0.2) is 58.2 Å². The predicted octanol–water partition coefficient (Wildman–Crippen LogP) is 4.05. The van der Waals surface area contributed by atoms with Crippen LogP contribution in [-0.4, -0.2) is 28.7 Å². The Kier molecular flexibility index (Phi) is 6.13. The number of para-hydroxylation sites is 2. The van der Waals surface area contributed by atoms with Crippen LogP contribution in [0.3, 0.4) is 0 Å². The molecule has 1 N–H and O–H groups in total. The van der Waals surface area contributed by atoms with Crippen molar-refractivity contribution in [2.24, 2.45) is 0 Å². The van der Waals surface area contributed by atoms with Gasteiger partial charge in [-0.05, 0) is 43.2 Å². The largest absolute Gasteiger partial charge is 0.452 e. The van der Waals surface area contributed by atoms with Crippen LogP contribution in [-0.2, 0) is 20.7 Å². The summed E-state index contributed by atoms with van der Waals surface area (Å²) in [5, 5.41) is 3.13. The maximum absolute atomic E-state index is 12.2. The highest BCUT2D eigenvalue weighted by Gasteiger charge is 2.19. The number of anilines is 1. The van der Waals surface area contributed by atoms with Gasteiger partial charge < -0.3 is 14.5 Å². The number of hydrogen-bond donors (Lipinski definition) is 1. The number of amides is 1. The van der Waals surface area contributed by atoms with Crippen molar-refractivity contribution in [3.8, 4) is 0 Å². The minimum atomic E-state index is -0.896. The average molecular weight is 384 g/mol. The first-order chi connectivity index (χ1) is 13.0. The van der Waals surface area contributed by atoms with Gasteiger partial charge in [-0.3, -0.25) is 9.59 Å². The normalized spacial score (nSPS) is 11.9. The first kappa shape index (κ1) is 19.0. The molecule has 3 aromatic rings. The number of ether oxygens (including phenoxy) is 1. The summed E-state index contributed by atoms with van der Waals surface area (Å²) in [5.41, 5.74) is 3.25. The van der Waals surface area contributed by atoms with Crippen LogP contribution in [0.25, 0.3) is 11.1 Å². The van der Waals surface area contributed by atoms with Gasteiger partial charge in [0.1, 0.15) is 11.3 Å². The minimum Gasteiger partial charge on any atom is -0.452 e. The molecule has 6 nitrogen and oxygen atoms in total. The maximum atomic E-state index is 12.2. The first-order valence-electron chi connectivity index (χ1n) is 8.63. The number of aryl methyl sites for hydroxylation is 1. The van der Waals surface area contributed by atoms with Crippen molar-refractivity contribution < 1.29 is 18.7 Å². The number of hydrogen-bond acceptors (Lipinski definition) is 6. The molecule has 2 aromatic carbocycles. The van der Waals surface area contributed by atoms with E-state index in [1.165, 1.54) is 12.5 Å². The number of benzene rings is 2. The second-order valence-corrected chi connectivity index (χ2v) is 6.83. The van der Waals surface area contributed by atoms with Gasteiger partial charge in [-0.15, -0.1) is 0 Å². The third-order valence-electron chi connectivity index (χ3n) is 3.89. The Labute approximate surface area is 161 Å². The Bertz CT molecular complexity index is 904. The summed E-state index contributed by atoms with van der Waals surface area (Å²) in [6, 6.07) is 14.9. The molecule has 3 rings (SSSR count). The second-order valence-electron chi connectivity index (χ2n) is 5.91. The van der Waals surface area contributed by atoms with Crippen LogP contribution in [0.1, 0.15) is 19.4 Å². The number of thioether (sulfide) groups is 1. The number of nitrogens with one attached hydrogen (secondary N) is 1. The summed E-state index contributed by atoms with van der Waals surface area (Å²) >= 11 is 1.13. The molecular weight excluding hydrogens is 364 g/mol. The van der Waals surface area contributed by atoms with Crippen molar-refractivity contribution in [3.05, 3.63) is 54.1 Å². The molecule has 0 radical (unpaired) electrons. The molecule has 0 unspecified atom stereocenters. The van der Waals surface area contributed by atoms with Gasteiger partial charge in [-0.1, -0.05) is 43.0 Å². The number of nitrogens with zero attached hydrogens (tertiary/aromatic N) is 1. The Morgan fingerprint density at radius 3 is 2.63 bits per heavy atom. The van der Waals surface area contributed by atoms with Crippen molar-refractivity contribution in [2.45, 2.75) is 31.6 Å². The molecule has 0 saturated carbocycles. The zero-order valence-corrected chi connectivity index (χ0v) is 15.9. The second kappa shape index (κ2) is 8.73. The van der Waals surface area contributed by atoms with Crippen LogP contribution in [0, 0.1) is 0 Å². The highest BCUT2D eigenvalue weighted by Crippen LogP contribution is 2.23. The minimum absolute atomic E-state index is 0.00956. The lowest BCUT2D eigenvalue weighted by Gasteiger charge is -2.13. The monoisotopic (exact) mass is 384 g/mol. The van der Waals surface area contributed by atoms with E-state index < -0.39 is 12.1 Å². The molecule has 0 saturated heterocycles. The lowest BCUT2D eigenvalue weighted by atomic mass is 10.1. The number of fused-ring (bicyclic) bond motifs is 1. The Morgan fingerprint density at radius 1 is 1.19 bits per heavy atom. The predicted molar refractivity (Wildman–Crippen MR) is 105 cm³/mol. The Balaban J connectivity index is 1.48. The molecule has 140 valence electrons. The van der Waals surface area contributed by atoms with Gasteiger partial charge in [-0.25, -0.2) is 4.98 Å². The fraction of sp³-hybridized carbons (Fsp3) is 0.250. The van der Waals surface area contributed by atoms with E-state index in [1.807, 2.05) is 48.5 Å². The summed E-state index contributed by atoms with van der Waals surface area (Å²) in [6.07, 6.45) is 0.0348. The Morgan fingerprint density at radius 2 is 1.93 bits per heavy atom. The molecular formula is C20H20N2O4S. The summed E-state index contributed by atoms with van der Waals surface area (Å²) < 4.78 is 10.7. The third kappa shape index (κ3) is 5.10. The first-order valence-corrected chi connectivity index (χ1v) is 9.61. The average Bonchev–Trinajstić information content (AvgIpc) is 3.10. The van der Waals surface area contributed by atoms with E-state index in [9.17, 15) is 9.59 Å². The highest BCUT2D eigenvalue weighted by molar-refractivity contribution is 7.99. The van der Waals surface area contributed by atoms with Crippen molar-refractivity contribution >= 4 is 40.4 Å². The maximum Gasteiger partial charge on any atom is 0.317 e. The standard InChI is InChI=1S/C20H20N2O4S/c1-3-14-8-10-15(11-9-14)21-19(24)13(2)25-18(23)12-27-20-22-16-6-4-5-7-17(16)26-20/h4-11,13H,3,12H2,1-2H3,(H,21,24)/t13-/m0/s1. The molecule has 1 heterocycles. The molecule has 7 heteroatoms. The van der Waals surface area contributed by atoms with E-state index in [0.717, 1.165) is 23.7 Å². The SMILES string of the molecule is CCc1ccc(NC(=O)[C@H](C)OC(=O)CSc2nc3ccccc3o2)cc1. The van der Waals surface area contributed by atoms with Gasteiger partial charge >= 0.3 is 5.97 Å². The summed E-state index contributed by atoms with van der Waals surface area (Å²) in [6.45, 7) is 3.60. The fourth-order valence-electron chi connectivity index (χ4n) is 2.39. The molecule has 0 spiro atoms. The number of rotatable bonds is 7. The van der Waals surface area contributed by atoms with E-state index in [-0.39, 0.29) is 11.7 Å². The zero-order valence-electron chi connectivity index (χ0n) is 15.1. The fourth-order valence-corrected chi connectivity index (χ4v) is 3.01. The number of esters is 1. The summed E-state index contributed by atoms with van der Waals surface area (Å²) in [4.78, 5) is 28.4. The van der Waals surface area contributed by atoms with Gasteiger partial charge in [0, 0.05) is 5.69 Å². The molecule has 0 fully saturated rings. The molecule has 1 atom stereocenters. The number of oxazole rings is 1. The number of carbonyl (C=O) groups is 2. The quantitative estimate of drug-likeness (QED) is 0.489. The van der Waals surface area contributed by atoms with Crippen LogP contribution in [0.5, 0.6) is 0 Å². The van der Waals surface area contributed by atoms with Crippen molar-refractivity contribution in [2.75, 3.05) is 11.1 Å². The van der Waals surface area contributed by atoms with E-state index >= 15 is 0 Å². The lowest BCUT2D eigenvalue weighted by Crippen LogP contribution is -2.30. The highest BCUT2D eigenvalue weighted by atomic mass is 32.2. The molecule has 27 heavy (non-hydrogen) atoms. The van der Waals surface area contributed by atoms with Crippen molar-refractivity contribution in [3.63, 3.8) is 0 Å². The van der Waals surface area contributed by atoms with Crippen molar-refractivity contribution in [1.82, 2.24) is 4.98 Å². The summed E-state index contributed by atoms with van der Waals surface area (Å²) in [7, 11) is 0. The third-order valence-corrected chi connectivity index (χ3v) is 4.70. The molecule has 0 aliphatic heterocycles. The molecule has 0 aliphatic rings. The summed E-state index contributed by atoms with van der Waals surface area (Å²) in [5.74, 6) is -0.874. The van der Waals surface area contributed by atoms with Crippen molar-refractivity contribution in [1.29, 1.82) is 0 Å². The van der Waals surface area contributed by atoms with Gasteiger partial charge in [0.25, 0.3) is 11.1 Å². The van der Waals surface area contributed by atoms with Crippen LogP contribution in [0.2, 0.25) is 0 Å². The van der Waals surface area contributed by atoms with Crippen LogP contribution >= 0.6 is 11.8 Å². The zero-order chi connectivity index (χ0) is 19.2. The van der Waals surface area contributed by atoms with E-state index in [2.05, 4.69) is 17.2 Å². The van der Waals surface area contributed by atoms with E-state index in [1.54, 1.807) is 0 Å². The van der Waals surface area contributed by atoms with E-state index in [4.69, 9.17) is 9.15 Å².